The van der Waals surface area contributed by atoms with Gasteiger partial charge in [0.05, 0.1) is 23.0 Å². The van der Waals surface area contributed by atoms with Gasteiger partial charge < -0.3 is 14.4 Å². The number of piperazine rings is 1. The molecule has 5 fully saturated rings. The molecule has 1 aliphatic carbocycles. The molecular weight excluding hydrogens is 590 g/mol. The van der Waals surface area contributed by atoms with Crippen LogP contribution in [0.1, 0.15) is 77.2 Å². The number of hydrogen-bond acceptors (Lipinski definition) is 8. The highest BCUT2D eigenvalue weighted by Gasteiger charge is 2.47. The third kappa shape index (κ3) is 5.15. The van der Waals surface area contributed by atoms with E-state index in [0.29, 0.717) is 42.9 Å². The molecule has 4 atom stereocenters. The summed E-state index contributed by atoms with van der Waals surface area (Å²) in [5.41, 5.74) is 1.05. The van der Waals surface area contributed by atoms with Crippen molar-refractivity contribution >= 4 is 22.8 Å². The van der Waals surface area contributed by atoms with E-state index in [2.05, 4.69) is 19.8 Å². The standard InChI is InChI=1S/C35H42F2N6O3/c1-34(2,3)46-33(44)43-21-10-11-22(43)19-41(18-21)31-26-17-38-29(24-9-5-4-8-23(24)25-16-27(25)36)28(37)30(26)39-32(40-31)45-20-35-12-6-14-42(35)15-7-13-35/h4-5,8-9,17,21-22,25,27H,6-7,10-16,18-20H2,1-3H3/t21?,22?,25-,27+/m0/s1. The fourth-order valence-corrected chi connectivity index (χ4v) is 8.39. The van der Waals surface area contributed by atoms with E-state index in [4.69, 9.17) is 14.5 Å². The monoisotopic (exact) mass is 632 g/mol. The molecule has 4 saturated heterocycles. The molecule has 0 radical (unpaired) electrons. The summed E-state index contributed by atoms with van der Waals surface area (Å²) in [5, 5.41) is 0.493. The molecule has 46 heavy (non-hydrogen) atoms. The average molecular weight is 633 g/mol. The van der Waals surface area contributed by atoms with Crippen molar-refractivity contribution in [1.29, 1.82) is 0 Å². The van der Waals surface area contributed by atoms with Gasteiger partial charge in [0, 0.05) is 30.8 Å². The normalized spacial score (nSPS) is 26.9. The number of rotatable bonds is 6. The number of nitrogens with zero attached hydrogens (tertiary/aromatic N) is 6. The number of aromatic nitrogens is 3. The first-order valence-electron chi connectivity index (χ1n) is 16.8. The van der Waals surface area contributed by atoms with Crippen molar-refractivity contribution in [3.8, 4) is 17.3 Å². The van der Waals surface area contributed by atoms with Gasteiger partial charge in [0.2, 0.25) is 0 Å². The molecule has 2 bridgehead atoms. The molecule has 5 aliphatic rings. The van der Waals surface area contributed by atoms with Crippen molar-refractivity contribution in [2.75, 3.05) is 37.7 Å². The molecule has 2 unspecified atom stereocenters. The Kier molecular flexibility index (Phi) is 7.12. The topological polar surface area (TPSA) is 83.9 Å². The number of pyridine rings is 1. The maximum absolute atomic E-state index is 16.7. The Balaban J connectivity index is 1.17. The van der Waals surface area contributed by atoms with Crippen LogP contribution in [-0.4, -0.2) is 93.0 Å². The van der Waals surface area contributed by atoms with E-state index >= 15 is 4.39 Å². The van der Waals surface area contributed by atoms with Gasteiger partial charge in [-0.3, -0.25) is 14.8 Å². The highest BCUT2D eigenvalue weighted by molar-refractivity contribution is 5.92. The van der Waals surface area contributed by atoms with Crippen molar-refractivity contribution in [3.63, 3.8) is 0 Å². The van der Waals surface area contributed by atoms with Crippen molar-refractivity contribution in [1.82, 2.24) is 24.8 Å². The van der Waals surface area contributed by atoms with Crippen molar-refractivity contribution < 1.29 is 23.0 Å². The van der Waals surface area contributed by atoms with Crippen LogP contribution in [-0.2, 0) is 4.74 Å². The van der Waals surface area contributed by atoms with Crippen molar-refractivity contribution in [2.24, 2.45) is 0 Å². The fraction of sp³-hybridized carbons (Fsp3) is 0.600. The lowest BCUT2D eigenvalue weighted by molar-refractivity contribution is 0.0122. The number of ether oxygens (including phenoxy) is 2. The Bertz CT molecular complexity index is 1660. The molecule has 4 aliphatic heterocycles. The average Bonchev–Trinajstić information content (AvgIpc) is 3.28. The van der Waals surface area contributed by atoms with E-state index < -0.39 is 17.6 Å². The summed E-state index contributed by atoms with van der Waals surface area (Å²) in [6, 6.07) is 7.39. The second kappa shape index (κ2) is 11.0. The predicted molar refractivity (Wildman–Crippen MR) is 170 cm³/mol. The molecule has 0 N–H and O–H groups in total. The highest BCUT2D eigenvalue weighted by Crippen LogP contribution is 2.47. The van der Waals surface area contributed by atoms with Crippen LogP contribution in [0.15, 0.2) is 30.5 Å². The first-order chi connectivity index (χ1) is 22.1. The first-order valence-corrected chi connectivity index (χ1v) is 16.8. The predicted octanol–water partition coefficient (Wildman–Crippen LogP) is 6.25. The van der Waals surface area contributed by atoms with E-state index in [1.54, 1.807) is 12.3 Å². The lowest BCUT2D eigenvalue weighted by Gasteiger charge is -2.42. The smallest absolute Gasteiger partial charge is 0.410 e. The van der Waals surface area contributed by atoms with Crippen LogP contribution >= 0.6 is 0 Å². The zero-order chi connectivity index (χ0) is 31.8. The Morgan fingerprint density at radius 1 is 1.07 bits per heavy atom. The number of alkyl halides is 1. The quantitative estimate of drug-likeness (QED) is 0.315. The molecule has 9 nitrogen and oxygen atoms in total. The van der Waals surface area contributed by atoms with E-state index in [1.165, 1.54) is 0 Å². The fourth-order valence-electron chi connectivity index (χ4n) is 8.39. The summed E-state index contributed by atoms with van der Waals surface area (Å²) in [6.45, 7) is 9.30. The largest absolute Gasteiger partial charge is 0.461 e. The van der Waals surface area contributed by atoms with Crippen LogP contribution in [0.25, 0.3) is 22.2 Å². The molecule has 1 saturated carbocycles. The molecule has 1 aromatic carbocycles. The second-order valence-corrected chi connectivity index (χ2v) is 14.8. The zero-order valence-electron chi connectivity index (χ0n) is 26.8. The summed E-state index contributed by atoms with van der Waals surface area (Å²) in [6.07, 6.45) is 6.99. The number of fused-ring (bicyclic) bond motifs is 4. The van der Waals surface area contributed by atoms with Crippen LogP contribution in [0, 0.1) is 5.82 Å². The third-order valence-electron chi connectivity index (χ3n) is 10.6. The number of hydrogen-bond donors (Lipinski definition) is 0. The molecule has 3 aromatic rings. The van der Waals surface area contributed by atoms with Crippen LogP contribution in [0.3, 0.4) is 0 Å². The van der Waals surface area contributed by atoms with Gasteiger partial charge in [0.15, 0.2) is 5.82 Å². The number of halogens is 2. The van der Waals surface area contributed by atoms with Gasteiger partial charge in [-0.25, -0.2) is 13.6 Å². The van der Waals surface area contributed by atoms with Gasteiger partial charge in [-0.15, -0.1) is 0 Å². The molecule has 1 amide bonds. The van der Waals surface area contributed by atoms with Crippen molar-refractivity contribution in [3.05, 3.63) is 41.8 Å². The van der Waals surface area contributed by atoms with Crippen molar-refractivity contribution in [2.45, 2.75) is 101 Å². The number of carbonyl (C=O) groups is 1. The Morgan fingerprint density at radius 3 is 2.43 bits per heavy atom. The summed E-state index contributed by atoms with van der Waals surface area (Å²) in [4.78, 5) is 33.9. The van der Waals surface area contributed by atoms with Gasteiger partial charge in [-0.2, -0.15) is 9.97 Å². The lowest BCUT2D eigenvalue weighted by atomic mass is 9.95. The molecule has 2 aromatic heterocycles. The maximum Gasteiger partial charge on any atom is 0.410 e. The minimum Gasteiger partial charge on any atom is -0.461 e. The molecule has 0 spiro atoms. The first kappa shape index (κ1) is 29.8. The van der Waals surface area contributed by atoms with Gasteiger partial charge in [0.1, 0.15) is 35.4 Å². The SMILES string of the molecule is CC(C)(C)OC(=O)N1C2CCC1CN(c1nc(OCC34CCCN3CCC4)nc3c(F)c(-c4ccccc4[C@@H]4C[C@H]4F)ncc13)C2. The Hall–Kier alpha value is -3.60. The summed E-state index contributed by atoms with van der Waals surface area (Å²) < 4.78 is 43.0. The minimum atomic E-state index is -0.918. The number of anilines is 1. The Labute approximate surface area is 268 Å². The summed E-state index contributed by atoms with van der Waals surface area (Å²) in [5.74, 6) is -0.249. The molecule has 8 rings (SSSR count). The number of carbonyl (C=O) groups excluding carboxylic acids is 1. The zero-order valence-corrected chi connectivity index (χ0v) is 26.8. The molecule has 11 heteroatoms. The lowest BCUT2D eigenvalue weighted by Crippen LogP contribution is -2.57. The third-order valence-corrected chi connectivity index (χ3v) is 10.6. The molecule has 244 valence electrons. The maximum atomic E-state index is 16.7. The number of benzene rings is 1. The van der Waals surface area contributed by atoms with Gasteiger partial charge in [0.25, 0.3) is 0 Å². The summed E-state index contributed by atoms with van der Waals surface area (Å²) in [7, 11) is 0. The van der Waals surface area contributed by atoms with Crippen LogP contribution in [0.5, 0.6) is 6.01 Å². The van der Waals surface area contributed by atoms with Crippen LogP contribution in [0.4, 0.5) is 19.4 Å². The second-order valence-electron chi connectivity index (χ2n) is 14.8. The van der Waals surface area contributed by atoms with E-state index in [-0.39, 0.29) is 46.9 Å². The van der Waals surface area contributed by atoms with E-state index in [0.717, 1.165) is 57.2 Å². The van der Waals surface area contributed by atoms with Crippen LogP contribution in [0.2, 0.25) is 0 Å². The number of amides is 1. The van der Waals surface area contributed by atoms with Crippen LogP contribution < -0.4 is 9.64 Å². The van der Waals surface area contributed by atoms with Gasteiger partial charge in [-0.05, 0) is 84.4 Å². The minimum absolute atomic E-state index is 0.0231. The molecule has 6 heterocycles. The summed E-state index contributed by atoms with van der Waals surface area (Å²) >= 11 is 0. The molecular formula is C35H42F2N6O3. The highest BCUT2D eigenvalue weighted by atomic mass is 19.1. The van der Waals surface area contributed by atoms with Gasteiger partial charge in [-0.1, -0.05) is 24.3 Å². The Morgan fingerprint density at radius 2 is 1.76 bits per heavy atom. The van der Waals surface area contributed by atoms with E-state index in [9.17, 15) is 9.18 Å². The van der Waals surface area contributed by atoms with E-state index in [1.807, 2.05) is 43.9 Å². The van der Waals surface area contributed by atoms with Gasteiger partial charge >= 0.3 is 12.1 Å².